The molecule has 3 heterocycles. The zero-order valence-electron chi connectivity index (χ0n) is 45.7. The zero-order valence-corrected chi connectivity index (χ0v) is 45.7. The van der Waals surface area contributed by atoms with Crippen molar-refractivity contribution >= 4 is 111 Å². The average Bonchev–Trinajstić information content (AvgIpc) is 2.39. The standard InChI is InChI=1S/C78H52N2O3/c1-49-21-9-11-31-58(49)62-35-17-37-64-66-39-19-41-69(77(66)82-75(62)64)79(55-29-15-27-53(45-55)51-23-5-3-6-24-51)57-43-44-68-72(47-57)81-73-48-71(60-33-13-14-34-61(60)74(68)73)80(56-30-16-28-54(46-56)52-25-7-4-8-26-52)70-42-20-40-67-65-38-18-36-63(76(65)83-78(67)70)59-32-12-10-22-50(59)2/h3-48H,1-2H3. The third-order valence-electron chi connectivity index (χ3n) is 16.7. The van der Waals surface area contributed by atoms with Crippen molar-refractivity contribution in [2.75, 3.05) is 9.80 Å². The van der Waals surface area contributed by atoms with Gasteiger partial charge in [0.2, 0.25) is 0 Å². The number of benzene rings is 13. The van der Waals surface area contributed by atoms with Crippen molar-refractivity contribution in [1.82, 2.24) is 0 Å². The van der Waals surface area contributed by atoms with E-state index >= 15 is 0 Å². The normalized spacial score (nSPS) is 11.7. The maximum absolute atomic E-state index is 7.29. The highest BCUT2D eigenvalue weighted by Crippen LogP contribution is 2.51. The van der Waals surface area contributed by atoms with E-state index < -0.39 is 0 Å². The Morgan fingerprint density at radius 3 is 1.23 bits per heavy atom. The van der Waals surface area contributed by atoms with Crippen molar-refractivity contribution in [3.8, 4) is 44.5 Å². The van der Waals surface area contributed by atoms with Gasteiger partial charge in [-0.05, 0) is 112 Å². The SMILES string of the molecule is Cc1ccccc1-c1cccc2c1oc1c(N(c3cccc(-c4ccccc4)c3)c3ccc4c(c3)oc3cc(N(c5cccc(-c6ccccc6)c5)c5cccc6c5oc5c(-c7ccccc7C)cccc56)c5ccccc5c34)cccc12. The van der Waals surface area contributed by atoms with Crippen LogP contribution in [0.25, 0.3) is 121 Å². The molecule has 0 bridgehead atoms. The van der Waals surface area contributed by atoms with Gasteiger partial charge in [0.25, 0.3) is 0 Å². The van der Waals surface area contributed by atoms with Crippen LogP contribution < -0.4 is 9.80 Å². The van der Waals surface area contributed by atoms with Crippen LogP contribution in [-0.2, 0) is 0 Å². The minimum absolute atomic E-state index is 0.767. The second-order valence-electron chi connectivity index (χ2n) is 21.6. The van der Waals surface area contributed by atoms with Gasteiger partial charge >= 0.3 is 0 Å². The molecule has 5 heteroatoms. The largest absolute Gasteiger partial charge is 0.456 e. The molecule has 16 aromatic rings. The third kappa shape index (κ3) is 7.92. The van der Waals surface area contributed by atoms with E-state index in [1.165, 1.54) is 11.1 Å². The lowest BCUT2D eigenvalue weighted by molar-refractivity contribution is 0.667. The predicted octanol–water partition coefficient (Wildman–Crippen LogP) is 22.8. The lowest BCUT2D eigenvalue weighted by Crippen LogP contribution is -2.11. The molecule has 0 fully saturated rings. The van der Waals surface area contributed by atoms with Crippen LogP contribution >= 0.6 is 0 Å². The maximum atomic E-state index is 7.29. The first kappa shape index (κ1) is 48.1. The predicted molar refractivity (Wildman–Crippen MR) is 346 cm³/mol. The highest BCUT2D eigenvalue weighted by molar-refractivity contribution is 6.24. The Hall–Kier alpha value is -10.9. The third-order valence-corrected chi connectivity index (χ3v) is 16.7. The van der Waals surface area contributed by atoms with Gasteiger partial charge in [-0.1, -0.05) is 218 Å². The van der Waals surface area contributed by atoms with Gasteiger partial charge in [-0.2, -0.15) is 0 Å². The van der Waals surface area contributed by atoms with Gasteiger partial charge in [-0.25, -0.2) is 0 Å². The fourth-order valence-corrected chi connectivity index (χ4v) is 12.8. The fourth-order valence-electron chi connectivity index (χ4n) is 12.8. The highest BCUT2D eigenvalue weighted by Gasteiger charge is 2.27. The maximum Gasteiger partial charge on any atom is 0.159 e. The molecule has 0 aliphatic carbocycles. The van der Waals surface area contributed by atoms with Crippen LogP contribution in [0.4, 0.5) is 34.1 Å². The molecule has 3 aromatic heterocycles. The quantitative estimate of drug-likeness (QED) is 0.137. The summed E-state index contributed by atoms with van der Waals surface area (Å²) in [6.45, 7) is 4.32. The summed E-state index contributed by atoms with van der Waals surface area (Å²) >= 11 is 0. The minimum Gasteiger partial charge on any atom is -0.456 e. The van der Waals surface area contributed by atoms with Crippen molar-refractivity contribution in [2.24, 2.45) is 0 Å². The monoisotopic (exact) mass is 1060 g/mol. The van der Waals surface area contributed by atoms with Crippen LogP contribution in [0.3, 0.4) is 0 Å². The second kappa shape index (κ2) is 19.4. The first-order valence-corrected chi connectivity index (χ1v) is 28.3. The molecular weight excluding hydrogens is 1010 g/mol. The second-order valence-corrected chi connectivity index (χ2v) is 21.6. The van der Waals surface area contributed by atoms with Gasteiger partial charge in [-0.15, -0.1) is 0 Å². The first-order valence-electron chi connectivity index (χ1n) is 28.3. The van der Waals surface area contributed by atoms with Gasteiger partial charge in [0.05, 0.1) is 22.7 Å². The highest BCUT2D eigenvalue weighted by atomic mass is 16.3. The summed E-state index contributed by atoms with van der Waals surface area (Å²) in [6.07, 6.45) is 0. The molecule has 16 rings (SSSR count). The van der Waals surface area contributed by atoms with Crippen LogP contribution in [0.5, 0.6) is 0 Å². The number of furan rings is 3. The smallest absolute Gasteiger partial charge is 0.159 e. The molecule has 0 N–H and O–H groups in total. The summed E-state index contributed by atoms with van der Waals surface area (Å²) in [5.41, 5.74) is 21.9. The molecule has 392 valence electrons. The Morgan fingerprint density at radius 1 is 0.241 bits per heavy atom. The molecule has 0 amide bonds. The summed E-state index contributed by atoms with van der Waals surface area (Å²) in [6, 6.07) is 99.4. The Bertz CT molecular complexity index is 5200. The molecule has 13 aromatic carbocycles. The molecule has 83 heavy (non-hydrogen) atoms. The van der Waals surface area contributed by atoms with Gasteiger partial charge < -0.3 is 23.1 Å². The van der Waals surface area contributed by atoms with Crippen LogP contribution in [0, 0.1) is 13.8 Å². The number of anilines is 6. The van der Waals surface area contributed by atoms with Gasteiger partial charge in [0, 0.05) is 72.3 Å². The number of fused-ring (bicyclic) bond motifs is 11. The first-order chi connectivity index (χ1) is 41.0. The van der Waals surface area contributed by atoms with E-state index in [0.29, 0.717) is 0 Å². The summed E-state index contributed by atoms with van der Waals surface area (Å²) in [7, 11) is 0. The van der Waals surface area contributed by atoms with Gasteiger partial charge in [-0.3, -0.25) is 0 Å². The number of aryl methyl sites for hydroxylation is 2. The van der Waals surface area contributed by atoms with Crippen molar-refractivity contribution in [2.45, 2.75) is 13.8 Å². The lowest BCUT2D eigenvalue weighted by atomic mass is 9.98. The minimum atomic E-state index is 0.767. The van der Waals surface area contributed by atoms with Crippen molar-refractivity contribution in [3.63, 3.8) is 0 Å². The molecule has 0 spiro atoms. The van der Waals surface area contributed by atoms with Crippen LogP contribution in [0.1, 0.15) is 11.1 Å². The molecule has 0 saturated heterocycles. The van der Waals surface area contributed by atoms with Crippen molar-refractivity contribution in [1.29, 1.82) is 0 Å². The van der Waals surface area contributed by atoms with E-state index in [1.54, 1.807) is 0 Å². The summed E-state index contributed by atoms with van der Waals surface area (Å²) in [4.78, 5) is 4.69. The summed E-state index contributed by atoms with van der Waals surface area (Å²) in [5, 5.41) is 8.46. The molecule has 5 nitrogen and oxygen atoms in total. The fraction of sp³-hybridized carbons (Fsp3) is 0.0256. The Kier molecular flexibility index (Phi) is 11.3. The molecule has 0 unspecified atom stereocenters. The van der Waals surface area contributed by atoms with E-state index in [4.69, 9.17) is 13.3 Å². The van der Waals surface area contributed by atoms with E-state index in [-0.39, 0.29) is 0 Å². The van der Waals surface area contributed by atoms with Crippen molar-refractivity contribution in [3.05, 3.63) is 290 Å². The molecule has 0 atom stereocenters. The molecular formula is C78H52N2O3. The number of nitrogens with zero attached hydrogens (tertiary/aromatic N) is 2. The molecule has 0 aliphatic heterocycles. The molecule has 0 aliphatic rings. The van der Waals surface area contributed by atoms with E-state index in [9.17, 15) is 0 Å². The lowest BCUT2D eigenvalue weighted by Gasteiger charge is -2.27. The molecule has 0 saturated carbocycles. The Labute approximate surface area is 479 Å². The number of para-hydroxylation sites is 4. The number of hydrogen-bond acceptors (Lipinski definition) is 5. The van der Waals surface area contributed by atoms with Gasteiger partial charge in [0.15, 0.2) is 11.2 Å². The van der Waals surface area contributed by atoms with Gasteiger partial charge in [0.1, 0.15) is 22.3 Å². The summed E-state index contributed by atoms with van der Waals surface area (Å²) < 4.78 is 21.7. The Balaban J connectivity index is 0.917. The number of hydrogen-bond donors (Lipinski definition) is 0. The Morgan fingerprint density at radius 2 is 0.663 bits per heavy atom. The zero-order chi connectivity index (χ0) is 55.1. The van der Waals surface area contributed by atoms with Crippen LogP contribution in [-0.4, -0.2) is 0 Å². The van der Waals surface area contributed by atoms with Crippen LogP contribution in [0.2, 0.25) is 0 Å². The summed E-state index contributed by atoms with van der Waals surface area (Å²) in [5.74, 6) is 0. The van der Waals surface area contributed by atoms with E-state index in [0.717, 1.165) is 155 Å². The molecule has 0 radical (unpaired) electrons. The number of rotatable bonds is 10. The topological polar surface area (TPSA) is 45.9 Å². The average molecular weight is 1070 g/mol. The van der Waals surface area contributed by atoms with E-state index in [1.807, 2.05) is 0 Å². The van der Waals surface area contributed by atoms with Crippen molar-refractivity contribution < 1.29 is 13.3 Å². The van der Waals surface area contributed by atoms with E-state index in [2.05, 4.69) is 303 Å². The van der Waals surface area contributed by atoms with Crippen LogP contribution in [0.15, 0.2) is 292 Å².